The lowest BCUT2D eigenvalue weighted by Gasteiger charge is -2.14. The largest absolute Gasteiger partial charge is 0.416 e. The summed E-state index contributed by atoms with van der Waals surface area (Å²) >= 11 is 0. The zero-order chi connectivity index (χ0) is 27.7. The number of hydrogen-bond donors (Lipinski definition) is 2. The van der Waals surface area contributed by atoms with Crippen LogP contribution in [-0.4, -0.2) is 36.8 Å². The summed E-state index contributed by atoms with van der Waals surface area (Å²) < 4.78 is 76.6. The maximum Gasteiger partial charge on any atom is 0.416 e. The molecular formula is C26H21F6N3O3. The maximum atomic E-state index is 13.3. The Bertz CT molecular complexity index is 1420. The number of amides is 2. The van der Waals surface area contributed by atoms with Crippen LogP contribution < -0.4 is 10.6 Å². The van der Waals surface area contributed by atoms with E-state index in [0.717, 1.165) is 12.1 Å². The van der Waals surface area contributed by atoms with Crippen LogP contribution in [0, 0.1) is 6.92 Å². The van der Waals surface area contributed by atoms with E-state index in [4.69, 9.17) is 4.84 Å². The summed E-state index contributed by atoms with van der Waals surface area (Å²) in [5.74, 6) is -1.67. The molecule has 1 heterocycles. The van der Waals surface area contributed by atoms with E-state index in [2.05, 4.69) is 10.5 Å². The van der Waals surface area contributed by atoms with Crippen LogP contribution in [0.25, 0.3) is 10.8 Å². The average molecular weight is 537 g/mol. The van der Waals surface area contributed by atoms with Gasteiger partial charge in [-0.15, -0.1) is 0 Å². The molecule has 2 N–H and O–H groups in total. The third kappa shape index (κ3) is 6.24. The number of carbonyl (C=O) groups is 2. The van der Waals surface area contributed by atoms with E-state index >= 15 is 0 Å². The van der Waals surface area contributed by atoms with Crippen molar-refractivity contribution in [3.63, 3.8) is 0 Å². The smallest absolute Gasteiger partial charge is 0.387 e. The molecule has 2 amide bonds. The Hall–Kier alpha value is -4.09. The highest BCUT2D eigenvalue weighted by Crippen LogP contribution is 2.37. The molecule has 12 heteroatoms. The fourth-order valence-corrected chi connectivity index (χ4v) is 4.14. The Morgan fingerprint density at radius 3 is 2.37 bits per heavy atom. The number of rotatable bonds is 6. The number of halogens is 6. The molecule has 0 fully saturated rings. The van der Waals surface area contributed by atoms with Crippen molar-refractivity contribution >= 4 is 28.3 Å². The molecule has 0 saturated heterocycles. The quantitative estimate of drug-likeness (QED) is 0.411. The molecule has 4 rings (SSSR count). The van der Waals surface area contributed by atoms with Crippen LogP contribution in [0.5, 0.6) is 0 Å². The van der Waals surface area contributed by atoms with Crippen molar-refractivity contribution in [2.24, 2.45) is 5.16 Å². The number of nitrogens with zero attached hydrogens (tertiary/aromatic N) is 1. The van der Waals surface area contributed by atoms with E-state index in [1.54, 1.807) is 48.6 Å². The van der Waals surface area contributed by atoms with Crippen LogP contribution in [0.1, 0.15) is 45.1 Å². The zero-order valence-corrected chi connectivity index (χ0v) is 19.8. The Morgan fingerprint density at radius 2 is 1.68 bits per heavy atom. The molecular weight excluding hydrogens is 516 g/mol. The van der Waals surface area contributed by atoms with Gasteiger partial charge in [0, 0.05) is 17.5 Å². The summed E-state index contributed by atoms with van der Waals surface area (Å²) in [5, 5.41) is 9.16. The summed E-state index contributed by atoms with van der Waals surface area (Å²) in [7, 11) is 0. The molecule has 200 valence electrons. The molecule has 0 aromatic heterocycles. The van der Waals surface area contributed by atoms with Crippen LogP contribution in [0.15, 0.2) is 59.8 Å². The topological polar surface area (TPSA) is 79.8 Å². The lowest BCUT2D eigenvalue weighted by Crippen LogP contribution is -2.40. The van der Waals surface area contributed by atoms with Gasteiger partial charge in [0.2, 0.25) is 5.91 Å². The van der Waals surface area contributed by atoms with Crippen LogP contribution in [0.2, 0.25) is 0 Å². The number of hydrogen-bond acceptors (Lipinski definition) is 4. The van der Waals surface area contributed by atoms with Crippen molar-refractivity contribution in [3.8, 4) is 0 Å². The summed E-state index contributed by atoms with van der Waals surface area (Å²) in [6, 6.07) is 13.6. The van der Waals surface area contributed by atoms with Crippen molar-refractivity contribution in [3.05, 3.63) is 82.4 Å². The van der Waals surface area contributed by atoms with E-state index < -0.39 is 48.9 Å². The van der Waals surface area contributed by atoms with Crippen molar-refractivity contribution in [1.29, 1.82) is 0 Å². The van der Waals surface area contributed by atoms with Gasteiger partial charge in [-0.25, -0.2) is 0 Å². The van der Waals surface area contributed by atoms with Crippen molar-refractivity contribution in [2.45, 2.75) is 31.8 Å². The summed E-state index contributed by atoms with van der Waals surface area (Å²) in [4.78, 5) is 29.8. The van der Waals surface area contributed by atoms with E-state index in [-0.39, 0.29) is 12.0 Å². The molecule has 0 spiro atoms. The van der Waals surface area contributed by atoms with Crippen LogP contribution in [-0.2, 0) is 15.8 Å². The Labute approximate surface area is 212 Å². The number of benzene rings is 3. The minimum absolute atomic E-state index is 0.178. The minimum Gasteiger partial charge on any atom is -0.387 e. The Kier molecular flexibility index (Phi) is 7.34. The van der Waals surface area contributed by atoms with E-state index in [1.165, 1.54) is 6.07 Å². The predicted octanol–water partition coefficient (Wildman–Crippen LogP) is 5.44. The summed E-state index contributed by atoms with van der Waals surface area (Å²) in [6.45, 7) is -0.596. The van der Waals surface area contributed by atoms with E-state index in [0.29, 0.717) is 33.2 Å². The molecule has 3 aromatic carbocycles. The molecule has 0 aliphatic carbocycles. The van der Waals surface area contributed by atoms with Gasteiger partial charge in [0.25, 0.3) is 5.91 Å². The number of nitrogens with one attached hydrogen (secondary N) is 2. The van der Waals surface area contributed by atoms with Crippen LogP contribution in [0.4, 0.5) is 26.3 Å². The van der Waals surface area contributed by atoms with E-state index in [9.17, 15) is 35.9 Å². The minimum atomic E-state index is -4.57. The maximum absolute atomic E-state index is 13.3. The molecule has 1 unspecified atom stereocenters. The second-order valence-corrected chi connectivity index (χ2v) is 8.75. The van der Waals surface area contributed by atoms with Crippen LogP contribution >= 0.6 is 0 Å². The number of oxime groups is 1. The molecule has 6 nitrogen and oxygen atoms in total. The van der Waals surface area contributed by atoms with Crippen LogP contribution in [0.3, 0.4) is 0 Å². The number of aryl methyl sites for hydroxylation is 1. The lowest BCUT2D eigenvalue weighted by molar-refractivity contribution is -0.137. The molecule has 1 aliphatic heterocycles. The predicted molar refractivity (Wildman–Crippen MR) is 127 cm³/mol. The Balaban J connectivity index is 1.53. The standard InChI is InChI=1S/C26H21F6N3O3/c1-14-8-15(10-16(9-14)26(30,31)32)22-11-21(35-38-22)19-6-7-20(18-5-3-2-4-17(18)19)24(37)33-12-23(36)34-13-25(27,28)29/h2-10,22H,11-13H2,1H3,(H,33,37)(H,34,36). The van der Waals surface area contributed by atoms with Gasteiger partial charge in [0.1, 0.15) is 6.54 Å². The first-order chi connectivity index (χ1) is 17.8. The second-order valence-electron chi connectivity index (χ2n) is 8.75. The average Bonchev–Trinajstić information content (AvgIpc) is 3.34. The molecule has 0 saturated carbocycles. The monoisotopic (exact) mass is 537 g/mol. The highest BCUT2D eigenvalue weighted by Gasteiger charge is 2.33. The molecule has 3 aromatic rings. The van der Waals surface area contributed by atoms with E-state index in [1.807, 2.05) is 0 Å². The van der Waals surface area contributed by atoms with Gasteiger partial charge < -0.3 is 15.5 Å². The molecule has 0 bridgehead atoms. The fourth-order valence-electron chi connectivity index (χ4n) is 4.14. The SMILES string of the molecule is Cc1cc(C2CC(c3ccc(C(=O)NCC(=O)NCC(F)(F)F)c4ccccc34)=NO2)cc(C(F)(F)F)c1. The van der Waals surface area contributed by atoms with Crippen molar-refractivity contribution < 1.29 is 40.8 Å². The first-order valence-corrected chi connectivity index (χ1v) is 11.4. The third-order valence-corrected chi connectivity index (χ3v) is 5.84. The fraction of sp³-hybridized carbons (Fsp3) is 0.269. The highest BCUT2D eigenvalue weighted by molar-refractivity contribution is 6.16. The van der Waals surface area contributed by atoms with Gasteiger partial charge >= 0.3 is 12.4 Å². The second kappa shape index (κ2) is 10.3. The highest BCUT2D eigenvalue weighted by atomic mass is 19.4. The van der Waals surface area contributed by atoms with Gasteiger partial charge in [0.05, 0.1) is 17.8 Å². The number of fused-ring (bicyclic) bond motifs is 1. The number of alkyl halides is 6. The normalized spacial score (nSPS) is 15.7. The molecule has 0 radical (unpaired) electrons. The first kappa shape index (κ1) is 27.0. The summed E-state index contributed by atoms with van der Waals surface area (Å²) in [5.41, 5.74) is 1.24. The zero-order valence-electron chi connectivity index (χ0n) is 19.8. The molecule has 38 heavy (non-hydrogen) atoms. The first-order valence-electron chi connectivity index (χ1n) is 11.4. The van der Waals surface area contributed by atoms with Crippen molar-refractivity contribution in [2.75, 3.05) is 13.1 Å². The molecule has 1 aliphatic rings. The molecule has 1 atom stereocenters. The summed E-state index contributed by atoms with van der Waals surface area (Å²) in [6.07, 6.45) is -9.62. The lowest BCUT2D eigenvalue weighted by atomic mass is 9.92. The Morgan fingerprint density at radius 1 is 0.974 bits per heavy atom. The van der Waals surface area contributed by atoms with Crippen molar-refractivity contribution in [1.82, 2.24) is 10.6 Å². The van der Waals surface area contributed by atoms with Gasteiger partial charge in [-0.05, 0) is 41.5 Å². The number of carbonyl (C=O) groups excluding carboxylic acids is 2. The van der Waals surface area contributed by atoms with Gasteiger partial charge in [-0.3, -0.25) is 9.59 Å². The van der Waals surface area contributed by atoms with Gasteiger partial charge in [-0.1, -0.05) is 47.1 Å². The third-order valence-electron chi connectivity index (χ3n) is 5.84. The van der Waals surface area contributed by atoms with Gasteiger partial charge in [0.15, 0.2) is 6.10 Å². The van der Waals surface area contributed by atoms with Gasteiger partial charge in [-0.2, -0.15) is 26.3 Å².